The molecule has 2 atom stereocenters. The van der Waals surface area contributed by atoms with Gasteiger partial charge in [-0.05, 0) is 36.6 Å². The molecule has 2 unspecified atom stereocenters. The van der Waals surface area contributed by atoms with Crippen molar-refractivity contribution in [3.8, 4) is 0 Å². The van der Waals surface area contributed by atoms with E-state index in [2.05, 4.69) is 10.6 Å². The van der Waals surface area contributed by atoms with Gasteiger partial charge in [0.15, 0.2) is 0 Å². The molecule has 4 heteroatoms. The van der Waals surface area contributed by atoms with Gasteiger partial charge in [-0.15, -0.1) is 0 Å². The molecule has 2 aromatic carbocycles. The van der Waals surface area contributed by atoms with Crippen molar-refractivity contribution in [1.29, 1.82) is 0 Å². The number of rotatable bonds is 5. The number of nitrogens with one attached hydrogen (secondary N) is 2. The van der Waals surface area contributed by atoms with Crippen LogP contribution in [0.25, 0.3) is 0 Å². The second-order valence-corrected chi connectivity index (χ2v) is 5.95. The van der Waals surface area contributed by atoms with Gasteiger partial charge >= 0.3 is 0 Å². The third-order valence-electron chi connectivity index (χ3n) is 4.22. The summed E-state index contributed by atoms with van der Waals surface area (Å²) in [5, 5.41) is 5.78. The number of hydrogen-bond acceptors (Lipinski definition) is 2. The summed E-state index contributed by atoms with van der Waals surface area (Å²) < 4.78 is 0. The molecular weight excluding hydrogens is 288 g/mol. The van der Waals surface area contributed by atoms with Crippen LogP contribution in [0.2, 0.25) is 0 Å². The molecule has 0 spiro atoms. The highest BCUT2D eigenvalue weighted by Gasteiger charge is 2.47. The molecule has 0 saturated heterocycles. The Hall–Kier alpha value is -2.62. The maximum atomic E-state index is 12.2. The van der Waals surface area contributed by atoms with Gasteiger partial charge in [0.1, 0.15) is 0 Å². The fourth-order valence-corrected chi connectivity index (χ4v) is 2.65. The van der Waals surface area contributed by atoms with Gasteiger partial charge in [0.05, 0.1) is 11.8 Å². The molecular formula is C19H20N2O2. The molecule has 118 valence electrons. The van der Waals surface area contributed by atoms with E-state index in [1.54, 1.807) is 0 Å². The van der Waals surface area contributed by atoms with Crippen molar-refractivity contribution < 1.29 is 9.59 Å². The third-order valence-corrected chi connectivity index (χ3v) is 4.22. The molecule has 2 amide bonds. The molecule has 2 aromatic rings. The summed E-state index contributed by atoms with van der Waals surface area (Å²) >= 11 is 0. The highest BCUT2D eigenvalue weighted by molar-refractivity contribution is 5.99. The second kappa shape index (κ2) is 6.65. The second-order valence-electron chi connectivity index (χ2n) is 5.95. The van der Waals surface area contributed by atoms with E-state index in [0.717, 1.165) is 16.8 Å². The van der Waals surface area contributed by atoms with Gasteiger partial charge < -0.3 is 10.6 Å². The maximum Gasteiger partial charge on any atom is 0.228 e. The summed E-state index contributed by atoms with van der Waals surface area (Å²) in [5.41, 5.74) is 3.03. The Labute approximate surface area is 135 Å². The Morgan fingerprint density at radius 1 is 0.957 bits per heavy atom. The lowest BCUT2D eigenvalue weighted by Gasteiger charge is -2.08. The monoisotopic (exact) mass is 308 g/mol. The molecule has 23 heavy (non-hydrogen) atoms. The van der Waals surface area contributed by atoms with Crippen LogP contribution in [-0.4, -0.2) is 11.8 Å². The average molecular weight is 308 g/mol. The smallest absolute Gasteiger partial charge is 0.228 e. The van der Waals surface area contributed by atoms with Crippen LogP contribution in [0.3, 0.4) is 0 Å². The van der Waals surface area contributed by atoms with Gasteiger partial charge in [0.2, 0.25) is 11.8 Å². The molecule has 3 rings (SSSR count). The number of benzene rings is 2. The number of hydrogen-bond donors (Lipinski definition) is 2. The van der Waals surface area contributed by atoms with Gasteiger partial charge in [0.25, 0.3) is 0 Å². The van der Waals surface area contributed by atoms with Crippen molar-refractivity contribution in [3.63, 3.8) is 0 Å². The summed E-state index contributed by atoms with van der Waals surface area (Å²) in [6, 6.07) is 17.3. The summed E-state index contributed by atoms with van der Waals surface area (Å²) in [6.07, 6.45) is 0.623. The summed E-state index contributed by atoms with van der Waals surface area (Å²) in [4.78, 5) is 24.3. The lowest BCUT2D eigenvalue weighted by atomic mass is 10.1. The first-order chi connectivity index (χ1) is 11.1. The summed E-state index contributed by atoms with van der Waals surface area (Å²) in [7, 11) is 0. The Balaban J connectivity index is 1.49. The molecule has 2 N–H and O–H groups in total. The van der Waals surface area contributed by atoms with Gasteiger partial charge in [0, 0.05) is 12.2 Å². The van der Waals surface area contributed by atoms with Crippen LogP contribution < -0.4 is 10.6 Å². The van der Waals surface area contributed by atoms with Gasteiger partial charge in [-0.1, -0.05) is 42.5 Å². The van der Waals surface area contributed by atoms with Crippen LogP contribution in [0.5, 0.6) is 0 Å². The van der Waals surface area contributed by atoms with Crippen LogP contribution in [-0.2, 0) is 16.1 Å². The highest BCUT2D eigenvalue weighted by atomic mass is 16.2. The van der Waals surface area contributed by atoms with E-state index in [4.69, 9.17) is 0 Å². The lowest BCUT2D eigenvalue weighted by Crippen LogP contribution is -2.27. The fourth-order valence-electron chi connectivity index (χ4n) is 2.65. The number of carbonyl (C=O) groups is 2. The predicted molar refractivity (Wildman–Crippen MR) is 89.7 cm³/mol. The average Bonchev–Trinajstić information content (AvgIpc) is 3.36. The Morgan fingerprint density at radius 2 is 1.61 bits per heavy atom. The van der Waals surface area contributed by atoms with Crippen molar-refractivity contribution in [1.82, 2.24) is 5.32 Å². The quantitative estimate of drug-likeness (QED) is 0.892. The van der Waals surface area contributed by atoms with Crippen LogP contribution in [0, 0.1) is 18.8 Å². The number of anilines is 1. The van der Waals surface area contributed by atoms with Gasteiger partial charge in [-0.2, -0.15) is 0 Å². The van der Waals surface area contributed by atoms with Crippen molar-refractivity contribution in [2.45, 2.75) is 19.9 Å². The lowest BCUT2D eigenvalue weighted by molar-refractivity contribution is -0.125. The van der Waals surface area contributed by atoms with Crippen molar-refractivity contribution in [2.24, 2.45) is 11.8 Å². The van der Waals surface area contributed by atoms with Crippen LogP contribution in [0.1, 0.15) is 17.5 Å². The summed E-state index contributed by atoms with van der Waals surface area (Å²) in [6.45, 7) is 2.53. The number of para-hydroxylation sites is 1. The van der Waals surface area contributed by atoms with Gasteiger partial charge in [-0.3, -0.25) is 9.59 Å². The fraction of sp³-hybridized carbons (Fsp3) is 0.263. The first-order valence-corrected chi connectivity index (χ1v) is 7.83. The summed E-state index contributed by atoms with van der Waals surface area (Å²) in [5.74, 6) is -0.538. The zero-order valence-corrected chi connectivity index (χ0v) is 13.1. The molecule has 0 bridgehead atoms. The molecule has 1 saturated carbocycles. The predicted octanol–water partition coefficient (Wildman–Crippen LogP) is 2.89. The topological polar surface area (TPSA) is 58.2 Å². The molecule has 0 aromatic heterocycles. The van der Waals surface area contributed by atoms with Crippen LogP contribution in [0.4, 0.5) is 5.69 Å². The molecule has 1 aliphatic carbocycles. The molecule has 1 aliphatic rings. The Bertz CT molecular complexity index is 712. The minimum Gasteiger partial charge on any atom is -0.352 e. The maximum absolute atomic E-state index is 12.2. The number of aryl methyl sites for hydroxylation is 1. The zero-order chi connectivity index (χ0) is 16.2. The van der Waals surface area contributed by atoms with E-state index in [1.165, 1.54) is 0 Å². The van der Waals surface area contributed by atoms with Crippen molar-refractivity contribution in [3.05, 3.63) is 65.7 Å². The third kappa shape index (κ3) is 3.77. The van der Waals surface area contributed by atoms with E-state index in [-0.39, 0.29) is 23.7 Å². The molecule has 0 radical (unpaired) electrons. The minimum atomic E-state index is -0.216. The molecule has 0 heterocycles. The van der Waals surface area contributed by atoms with Gasteiger partial charge in [-0.25, -0.2) is 0 Å². The number of carbonyl (C=O) groups excluding carboxylic acids is 2. The first-order valence-electron chi connectivity index (χ1n) is 7.83. The van der Waals surface area contributed by atoms with Crippen LogP contribution in [0.15, 0.2) is 54.6 Å². The highest BCUT2D eigenvalue weighted by Crippen LogP contribution is 2.39. The SMILES string of the molecule is Cc1ccccc1CNC(=O)C1CC1C(=O)Nc1ccccc1. The Kier molecular flexibility index (Phi) is 4.42. The largest absolute Gasteiger partial charge is 0.352 e. The van der Waals surface area contributed by atoms with E-state index < -0.39 is 0 Å². The number of amides is 2. The zero-order valence-electron chi connectivity index (χ0n) is 13.1. The van der Waals surface area contributed by atoms with Crippen molar-refractivity contribution in [2.75, 3.05) is 5.32 Å². The van der Waals surface area contributed by atoms with Crippen molar-refractivity contribution >= 4 is 17.5 Å². The van der Waals surface area contributed by atoms with E-state index in [9.17, 15) is 9.59 Å². The van der Waals surface area contributed by atoms with E-state index >= 15 is 0 Å². The van der Waals surface area contributed by atoms with Crippen LogP contribution >= 0.6 is 0 Å². The van der Waals surface area contributed by atoms with E-state index in [0.29, 0.717) is 13.0 Å². The van der Waals surface area contributed by atoms with E-state index in [1.807, 2.05) is 61.5 Å². The minimum absolute atomic E-state index is 0.0403. The first kappa shape index (κ1) is 15.3. The molecule has 0 aliphatic heterocycles. The standard InChI is InChI=1S/C19H20N2O2/c1-13-7-5-6-8-14(13)12-20-18(22)16-11-17(16)19(23)21-15-9-3-2-4-10-15/h2-10,16-17H,11-12H2,1H3,(H,20,22)(H,21,23). The Morgan fingerprint density at radius 3 is 2.35 bits per heavy atom. The normalized spacial score (nSPS) is 19.0. The molecule has 1 fully saturated rings. The molecule has 4 nitrogen and oxygen atoms in total.